The van der Waals surface area contributed by atoms with Crippen LogP contribution in [0.25, 0.3) is 0 Å². The van der Waals surface area contributed by atoms with Gasteiger partial charge in [-0.3, -0.25) is 9.59 Å². The molecule has 1 heterocycles. The summed E-state index contributed by atoms with van der Waals surface area (Å²) in [5.74, 6) is -0.998. The Bertz CT molecular complexity index is 586. The first-order valence-electron chi connectivity index (χ1n) is 7.65. The molecule has 0 aliphatic carbocycles. The minimum Gasteiger partial charge on any atom is -0.467 e. The lowest BCUT2D eigenvalue weighted by Crippen LogP contribution is -2.54. The molecule has 124 valence electrons. The zero-order chi connectivity index (χ0) is 17.0. The van der Waals surface area contributed by atoms with E-state index in [0.29, 0.717) is 6.42 Å². The summed E-state index contributed by atoms with van der Waals surface area (Å²) in [6, 6.07) is 8.81. The number of carbonyl (C=O) groups excluding carboxylic acids is 3. The van der Waals surface area contributed by atoms with Crippen LogP contribution >= 0.6 is 0 Å². The smallest absolute Gasteiger partial charge is 0.328 e. The van der Waals surface area contributed by atoms with E-state index in [9.17, 15) is 14.4 Å². The van der Waals surface area contributed by atoms with E-state index in [1.807, 2.05) is 44.2 Å². The van der Waals surface area contributed by atoms with E-state index >= 15 is 0 Å². The Morgan fingerprint density at radius 3 is 2.48 bits per heavy atom. The summed E-state index contributed by atoms with van der Waals surface area (Å²) < 4.78 is 4.70. The summed E-state index contributed by atoms with van der Waals surface area (Å²) in [6.07, 6.45) is 0.405. The van der Waals surface area contributed by atoms with Gasteiger partial charge in [-0.2, -0.15) is 0 Å². The van der Waals surface area contributed by atoms with Gasteiger partial charge < -0.3 is 15.0 Å². The highest BCUT2D eigenvalue weighted by Gasteiger charge is 2.38. The second-order valence-corrected chi connectivity index (χ2v) is 5.96. The van der Waals surface area contributed by atoms with Crippen molar-refractivity contribution in [1.29, 1.82) is 0 Å². The van der Waals surface area contributed by atoms with Crippen molar-refractivity contribution >= 4 is 17.8 Å². The van der Waals surface area contributed by atoms with Gasteiger partial charge in [0.05, 0.1) is 19.6 Å². The summed E-state index contributed by atoms with van der Waals surface area (Å²) in [6.45, 7) is 3.59. The number of nitrogens with one attached hydrogen (secondary N) is 1. The molecule has 0 spiro atoms. The van der Waals surface area contributed by atoms with Gasteiger partial charge in [-0.1, -0.05) is 44.2 Å². The number of esters is 1. The van der Waals surface area contributed by atoms with Crippen molar-refractivity contribution < 1.29 is 19.1 Å². The Morgan fingerprint density at radius 1 is 1.30 bits per heavy atom. The van der Waals surface area contributed by atoms with E-state index in [1.54, 1.807) is 0 Å². The number of benzene rings is 1. The van der Waals surface area contributed by atoms with Crippen LogP contribution in [0.15, 0.2) is 30.3 Å². The van der Waals surface area contributed by atoms with Crippen LogP contribution in [-0.2, 0) is 19.1 Å². The number of likely N-dealkylation sites (tertiary alicyclic amines) is 1. The van der Waals surface area contributed by atoms with Gasteiger partial charge in [0.2, 0.25) is 11.8 Å². The lowest BCUT2D eigenvalue weighted by atomic mass is 9.94. The Hall–Kier alpha value is -2.37. The summed E-state index contributed by atoms with van der Waals surface area (Å²) in [5, 5.41) is 2.65. The maximum Gasteiger partial charge on any atom is 0.328 e. The zero-order valence-corrected chi connectivity index (χ0v) is 13.6. The number of ether oxygens (including phenoxy) is 1. The first-order valence-corrected chi connectivity index (χ1v) is 7.65. The number of amides is 2. The normalized spacial score (nSPS) is 18.3. The molecule has 6 nitrogen and oxygen atoms in total. The van der Waals surface area contributed by atoms with Crippen LogP contribution < -0.4 is 5.32 Å². The van der Waals surface area contributed by atoms with Crippen molar-refractivity contribution in [3.63, 3.8) is 0 Å². The average molecular weight is 318 g/mol. The van der Waals surface area contributed by atoms with Gasteiger partial charge >= 0.3 is 5.97 Å². The Kier molecular flexibility index (Phi) is 5.36. The highest BCUT2D eigenvalue weighted by atomic mass is 16.5. The van der Waals surface area contributed by atoms with Crippen LogP contribution in [0.5, 0.6) is 0 Å². The van der Waals surface area contributed by atoms with Gasteiger partial charge in [0.1, 0.15) is 12.6 Å². The molecule has 23 heavy (non-hydrogen) atoms. The molecule has 0 aromatic heterocycles. The number of hydrogen-bond donors (Lipinski definition) is 1. The van der Waals surface area contributed by atoms with Crippen LogP contribution in [0.3, 0.4) is 0 Å². The number of carbonyl (C=O) groups is 3. The fourth-order valence-electron chi connectivity index (χ4n) is 2.62. The molecule has 1 fully saturated rings. The molecule has 2 atom stereocenters. The van der Waals surface area contributed by atoms with Gasteiger partial charge in [-0.25, -0.2) is 4.79 Å². The van der Waals surface area contributed by atoms with Gasteiger partial charge in [0, 0.05) is 0 Å². The topological polar surface area (TPSA) is 75.7 Å². The van der Waals surface area contributed by atoms with E-state index in [0.717, 1.165) is 5.56 Å². The largest absolute Gasteiger partial charge is 0.467 e. The number of methoxy groups -OCH3 is 1. The third-order valence-corrected chi connectivity index (χ3v) is 4.00. The lowest BCUT2D eigenvalue weighted by Gasteiger charge is -2.40. The molecule has 1 aromatic carbocycles. The van der Waals surface area contributed by atoms with E-state index < -0.39 is 12.0 Å². The number of hydrogen-bond acceptors (Lipinski definition) is 4. The van der Waals surface area contributed by atoms with Crippen LogP contribution in [0.2, 0.25) is 0 Å². The van der Waals surface area contributed by atoms with E-state index in [-0.39, 0.29) is 30.3 Å². The van der Waals surface area contributed by atoms with Crippen LogP contribution in [0.1, 0.15) is 31.9 Å². The number of β-lactam (4-membered cyclic amide) rings is 1. The molecule has 6 heteroatoms. The molecular weight excluding hydrogens is 296 g/mol. The molecule has 2 rings (SSSR count). The standard InChI is InChI=1S/C17H22N2O4/c1-11(2)16(17(22)23-3)18-14(20)10-19-13(9-15(19)21)12-7-5-4-6-8-12/h4-8,11,13,16H,9-10H2,1-3H3,(H,18,20)/t13?,16-/m0/s1. The fourth-order valence-corrected chi connectivity index (χ4v) is 2.62. The van der Waals surface area contributed by atoms with Crippen molar-refractivity contribution in [1.82, 2.24) is 10.2 Å². The maximum absolute atomic E-state index is 12.2. The van der Waals surface area contributed by atoms with Crippen molar-refractivity contribution in [2.75, 3.05) is 13.7 Å². The number of rotatable bonds is 6. The summed E-state index contributed by atoms with van der Waals surface area (Å²) >= 11 is 0. The van der Waals surface area contributed by atoms with Crippen LogP contribution in [-0.4, -0.2) is 42.4 Å². The average Bonchev–Trinajstić information content (AvgIpc) is 2.55. The second-order valence-electron chi connectivity index (χ2n) is 5.96. The van der Waals surface area contributed by atoms with Crippen LogP contribution in [0.4, 0.5) is 0 Å². The van der Waals surface area contributed by atoms with Gasteiger partial charge in [0.25, 0.3) is 0 Å². The summed E-state index contributed by atoms with van der Waals surface area (Å²) in [5.41, 5.74) is 1.01. The molecule has 1 aliphatic heterocycles. The SMILES string of the molecule is COC(=O)[C@@H](NC(=O)CN1C(=O)CC1c1ccccc1)C(C)C. The third-order valence-electron chi connectivity index (χ3n) is 4.00. The summed E-state index contributed by atoms with van der Waals surface area (Å²) in [7, 11) is 1.29. The third kappa shape index (κ3) is 3.88. The van der Waals surface area contributed by atoms with Gasteiger partial charge in [-0.15, -0.1) is 0 Å². The summed E-state index contributed by atoms with van der Waals surface area (Å²) in [4.78, 5) is 37.2. The fraction of sp³-hybridized carbons (Fsp3) is 0.471. The predicted octanol–water partition coefficient (Wildman–Crippen LogP) is 1.27. The highest BCUT2D eigenvalue weighted by molar-refractivity contribution is 5.91. The first-order chi connectivity index (χ1) is 10.9. The molecule has 1 N–H and O–H groups in total. The second kappa shape index (κ2) is 7.26. The molecule has 1 aromatic rings. The van der Waals surface area contributed by atoms with Crippen LogP contribution in [0, 0.1) is 5.92 Å². The lowest BCUT2D eigenvalue weighted by molar-refractivity contribution is -0.151. The molecule has 1 aliphatic rings. The molecule has 0 bridgehead atoms. The van der Waals surface area contributed by atoms with E-state index in [1.165, 1.54) is 12.0 Å². The maximum atomic E-state index is 12.2. The quantitative estimate of drug-likeness (QED) is 0.633. The van der Waals surface area contributed by atoms with E-state index in [4.69, 9.17) is 4.74 Å². The van der Waals surface area contributed by atoms with Gasteiger partial charge in [-0.05, 0) is 11.5 Å². The number of nitrogens with zero attached hydrogens (tertiary/aromatic N) is 1. The molecule has 2 amide bonds. The van der Waals surface area contributed by atoms with Crippen molar-refractivity contribution in [3.8, 4) is 0 Å². The zero-order valence-electron chi connectivity index (χ0n) is 13.6. The Morgan fingerprint density at radius 2 is 1.96 bits per heavy atom. The minimum absolute atomic E-state index is 0.0569. The Balaban J connectivity index is 1.98. The minimum atomic E-state index is -0.709. The van der Waals surface area contributed by atoms with Crippen molar-refractivity contribution in [3.05, 3.63) is 35.9 Å². The highest BCUT2D eigenvalue weighted by Crippen LogP contribution is 2.33. The molecule has 1 saturated heterocycles. The van der Waals surface area contributed by atoms with Gasteiger partial charge in [0.15, 0.2) is 0 Å². The molecule has 0 radical (unpaired) electrons. The van der Waals surface area contributed by atoms with Crippen molar-refractivity contribution in [2.24, 2.45) is 5.92 Å². The monoisotopic (exact) mass is 318 g/mol. The molecular formula is C17H22N2O4. The molecule has 0 saturated carbocycles. The van der Waals surface area contributed by atoms with E-state index in [2.05, 4.69) is 5.32 Å². The molecule has 1 unspecified atom stereocenters. The van der Waals surface area contributed by atoms with Crippen molar-refractivity contribution in [2.45, 2.75) is 32.4 Å². The first kappa shape index (κ1) is 17.0. The Labute approximate surface area is 135 Å². The predicted molar refractivity (Wildman–Crippen MR) is 84.3 cm³/mol.